The number of benzene rings is 1. The summed E-state index contributed by atoms with van der Waals surface area (Å²) in [7, 11) is 3.25. The van der Waals surface area contributed by atoms with Crippen LogP contribution in [0.1, 0.15) is 0 Å². The van der Waals surface area contributed by atoms with Gasteiger partial charge in [-0.2, -0.15) is 0 Å². The summed E-state index contributed by atoms with van der Waals surface area (Å²) in [5, 5.41) is 5.57. The molecule has 86 valence electrons. The quantitative estimate of drug-likeness (QED) is 0.796. The highest BCUT2D eigenvalue weighted by Crippen LogP contribution is 2.25. The summed E-state index contributed by atoms with van der Waals surface area (Å²) in [5.41, 5.74) is 0.952. The van der Waals surface area contributed by atoms with E-state index in [0.29, 0.717) is 22.8 Å². The molecule has 16 heavy (non-hydrogen) atoms. The molecular weight excluding hydrogens is 230 g/mol. The van der Waals surface area contributed by atoms with Crippen LogP contribution < -0.4 is 10.6 Å². The second-order valence-corrected chi connectivity index (χ2v) is 3.71. The smallest absolute Gasteiger partial charge is 0.321 e. The largest absolute Gasteiger partial charge is 0.331 e. The van der Waals surface area contributed by atoms with Crippen molar-refractivity contribution in [2.75, 3.05) is 24.7 Å². The number of amides is 3. The summed E-state index contributed by atoms with van der Waals surface area (Å²) in [6, 6.07) is 4.52. The summed E-state index contributed by atoms with van der Waals surface area (Å²) < 4.78 is 0. The van der Waals surface area contributed by atoms with Gasteiger partial charge < -0.3 is 15.5 Å². The molecule has 3 amide bonds. The average molecular weight is 242 g/mol. The third-order valence-electron chi connectivity index (χ3n) is 1.84. The number of urea groups is 1. The molecule has 0 bridgehead atoms. The van der Waals surface area contributed by atoms with Gasteiger partial charge in [0.15, 0.2) is 0 Å². The van der Waals surface area contributed by atoms with Crippen LogP contribution in [0.25, 0.3) is 0 Å². The number of nitrogens with one attached hydrogen (secondary N) is 2. The Balaban J connectivity index is 2.94. The van der Waals surface area contributed by atoms with Gasteiger partial charge in [0, 0.05) is 19.1 Å². The van der Waals surface area contributed by atoms with Crippen molar-refractivity contribution in [2.24, 2.45) is 0 Å². The Morgan fingerprint density at radius 1 is 1.38 bits per heavy atom. The lowest BCUT2D eigenvalue weighted by Crippen LogP contribution is -2.27. The van der Waals surface area contributed by atoms with Crippen molar-refractivity contribution in [2.45, 2.75) is 0 Å². The molecule has 0 aliphatic carbocycles. The van der Waals surface area contributed by atoms with E-state index in [4.69, 9.17) is 11.6 Å². The highest BCUT2D eigenvalue weighted by atomic mass is 35.5. The van der Waals surface area contributed by atoms with Crippen LogP contribution in [0.4, 0.5) is 16.2 Å². The molecule has 6 heteroatoms. The molecule has 1 aromatic rings. The SMILES string of the molecule is CN(C)C(=O)Nc1ccc(Cl)cc1NC=O. The van der Waals surface area contributed by atoms with Gasteiger partial charge >= 0.3 is 6.03 Å². The number of anilines is 2. The van der Waals surface area contributed by atoms with Gasteiger partial charge in [-0.15, -0.1) is 0 Å². The van der Waals surface area contributed by atoms with Crippen molar-refractivity contribution < 1.29 is 9.59 Å². The molecule has 0 aliphatic rings. The van der Waals surface area contributed by atoms with E-state index in [1.54, 1.807) is 32.3 Å². The lowest BCUT2D eigenvalue weighted by molar-refractivity contribution is -0.105. The van der Waals surface area contributed by atoms with Crippen molar-refractivity contribution in [1.29, 1.82) is 0 Å². The predicted molar refractivity (Wildman–Crippen MR) is 63.8 cm³/mol. The fourth-order valence-corrected chi connectivity index (χ4v) is 1.21. The summed E-state index contributed by atoms with van der Waals surface area (Å²) in [4.78, 5) is 23.2. The van der Waals surface area contributed by atoms with Gasteiger partial charge in [0.05, 0.1) is 11.4 Å². The van der Waals surface area contributed by atoms with Gasteiger partial charge in [0.25, 0.3) is 0 Å². The molecule has 0 saturated carbocycles. The van der Waals surface area contributed by atoms with E-state index in [1.807, 2.05) is 0 Å². The Bertz CT molecular complexity index is 407. The molecule has 0 aliphatic heterocycles. The van der Waals surface area contributed by atoms with Crippen LogP contribution in [-0.4, -0.2) is 31.4 Å². The van der Waals surface area contributed by atoms with Gasteiger partial charge in [-0.25, -0.2) is 4.79 Å². The van der Waals surface area contributed by atoms with Crippen molar-refractivity contribution in [3.05, 3.63) is 23.2 Å². The van der Waals surface area contributed by atoms with Crippen LogP contribution in [-0.2, 0) is 4.79 Å². The molecule has 0 saturated heterocycles. The Morgan fingerprint density at radius 3 is 2.62 bits per heavy atom. The average Bonchev–Trinajstić information content (AvgIpc) is 2.22. The molecule has 0 heterocycles. The van der Waals surface area contributed by atoms with Gasteiger partial charge in [-0.05, 0) is 18.2 Å². The Morgan fingerprint density at radius 2 is 2.06 bits per heavy atom. The first kappa shape index (κ1) is 12.3. The van der Waals surface area contributed by atoms with E-state index in [1.165, 1.54) is 4.90 Å². The Hall–Kier alpha value is -1.75. The minimum atomic E-state index is -0.281. The van der Waals surface area contributed by atoms with Gasteiger partial charge in [0.2, 0.25) is 6.41 Å². The zero-order valence-corrected chi connectivity index (χ0v) is 9.71. The zero-order chi connectivity index (χ0) is 12.1. The van der Waals surface area contributed by atoms with Crippen LogP contribution in [0, 0.1) is 0 Å². The molecule has 1 rings (SSSR count). The van der Waals surface area contributed by atoms with E-state index in [-0.39, 0.29) is 6.03 Å². The summed E-state index contributed by atoms with van der Waals surface area (Å²) in [6.07, 6.45) is 0.525. The van der Waals surface area contributed by atoms with Crippen LogP contribution in [0.5, 0.6) is 0 Å². The first-order valence-electron chi connectivity index (χ1n) is 4.52. The topological polar surface area (TPSA) is 61.4 Å². The number of hydrogen-bond donors (Lipinski definition) is 2. The molecule has 0 unspecified atom stereocenters. The lowest BCUT2D eigenvalue weighted by atomic mass is 10.2. The summed E-state index contributed by atoms with van der Waals surface area (Å²) in [6.45, 7) is 0. The van der Waals surface area contributed by atoms with Crippen LogP contribution in [0.3, 0.4) is 0 Å². The lowest BCUT2D eigenvalue weighted by Gasteiger charge is -2.14. The molecule has 0 atom stereocenters. The molecule has 0 aromatic heterocycles. The highest BCUT2D eigenvalue weighted by molar-refractivity contribution is 6.31. The Labute approximate surface area is 98.4 Å². The summed E-state index contributed by atoms with van der Waals surface area (Å²) >= 11 is 5.77. The molecular formula is C10H12ClN3O2. The standard InChI is InChI=1S/C10H12ClN3O2/c1-14(2)10(16)13-8-4-3-7(11)5-9(8)12-6-15/h3-6H,1-2H3,(H,12,15)(H,13,16). The van der Waals surface area contributed by atoms with Gasteiger partial charge in [0.1, 0.15) is 0 Å². The normalized spacial score (nSPS) is 9.44. The van der Waals surface area contributed by atoms with E-state index in [2.05, 4.69) is 10.6 Å². The second kappa shape index (κ2) is 5.37. The van der Waals surface area contributed by atoms with E-state index >= 15 is 0 Å². The monoisotopic (exact) mass is 241 g/mol. The first-order chi connectivity index (χ1) is 7.54. The predicted octanol–water partition coefficient (Wildman–Crippen LogP) is 2.00. The van der Waals surface area contributed by atoms with Gasteiger partial charge in [-0.3, -0.25) is 4.79 Å². The van der Waals surface area contributed by atoms with Crippen molar-refractivity contribution in [1.82, 2.24) is 4.90 Å². The third-order valence-corrected chi connectivity index (χ3v) is 2.08. The molecule has 1 aromatic carbocycles. The number of carbonyl (C=O) groups excluding carboxylic acids is 2. The van der Waals surface area contributed by atoms with Crippen LogP contribution in [0.15, 0.2) is 18.2 Å². The maximum atomic E-state index is 11.4. The van der Waals surface area contributed by atoms with E-state index in [0.717, 1.165) is 0 Å². The van der Waals surface area contributed by atoms with Crippen molar-refractivity contribution >= 4 is 35.4 Å². The number of hydrogen-bond acceptors (Lipinski definition) is 2. The van der Waals surface area contributed by atoms with Crippen molar-refractivity contribution in [3.63, 3.8) is 0 Å². The number of carbonyl (C=O) groups is 2. The molecule has 0 fully saturated rings. The highest BCUT2D eigenvalue weighted by Gasteiger charge is 2.08. The molecule has 0 spiro atoms. The minimum absolute atomic E-state index is 0.281. The number of nitrogens with zero attached hydrogens (tertiary/aromatic N) is 1. The third kappa shape index (κ3) is 3.13. The maximum absolute atomic E-state index is 11.4. The Kier molecular flexibility index (Phi) is 4.13. The second-order valence-electron chi connectivity index (χ2n) is 3.28. The fourth-order valence-electron chi connectivity index (χ4n) is 1.04. The number of halogens is 1. The fraction of sp³-hybridized carbons (Fsp3) is 0.200. The maximum Gasteiger partial charge on any atom is 0.321 e. The van der Waals surface area contributed by atoms with E-state index < -0.39 is 0 Å². The molecule has 2 N–H and O–H groups in total. The first-order valence-corrected chi connectivity index (χ1v) is 4.90. The van der Waals surface area contributed by atoms with Crippen LogP contribution >= 0.6 is 11.6 Å². The molecule has 0 radical (unpaired) electrons. The zero-order valence-electron chi connectivity index (χ0n) is 8.95. The van der Waals surface area contributed by atoms with Crippen molar-refractivity contribution in [3.8, 4) is 0 Å². The van der Waals surface area contributed by atoms with E-state index in [9.17, 15) is 9.59 Å². The van der Waals surface area contributed by atoms with Crippen LogP contribution in [0.2, 0.25) is 5.02 Å². The minimum Gasteiger partial charge on any atom is -0.331 e. The summed E-state index contributed by atoms with van der Waals surface area (Å²) in [5.74, 6) is 0. The number of rotatable bonds is 3. The van der Waals surface area contributed by atoms with Gasteiger partial charge in [-0.1, -0.05) is 11.6 Å². The molecule has 5 nitrogen and oxygen atoms in total.